The van der Waals surface area contributed by atoms with E-state index >= 15 is 0 Å². The molecule has 0 aliphatic heterocycles. The van der Waals surface area contributed by atoms with Gasteiger partial charge in [-0.15, -0.1) is 0 Å². The number of rotatable bonds is 12. The highest BCUT2D eigenvalue weighted by atomic mass is 16.5. The van der Waals surface area contributed by atoms with Gasteiger partial charge in [-0.05, 0) is 74.3 Å². The van der Waals surface area contributed by atoms with Crippen LogP contribution in [0, 0.1) is 40.4 Å². The van der Waals surface area contributed by atoms with Crippen LogP contribution in [0.4, 0.5) is 23.0 Å². The number of amides is 1. The Morgan fingerprint density at radius 2 is 1.88 bits per heavy atom. The van der Waals surface area contributed by atoms with Gasteiger partial charge in [-0.2, -0.15) is 10.5 Å². The quantitative estimate of drug-likeness (QED) is 0.287. The number of nitriles is 2. The molecule has 1 heterocycles. The second-order valence-corrected chi connectivity index (χ2v) is 11.5. The number of carbonyl (C=O) groups excluding carboxylic acids is 1. The molecule has 6 rings (SSSR count). The van der Waals surface area contributed by atoms with E-state index in [1.165, 1.54) is 19.3 Å². The molecular formula is C30H37N7O3. The zero-order valence-corrected chi connectivity index (χ0v) is 23.0. The number of ether oxygens (including phenoxy) is 2. The van der Waals surface area contributed by atoms with Gasteiger partial charge in [0.2, 0.25) is 5.91 Å². The number of carbonyl (C=O) groups is 1. The molecule has 0 unspecified atom stereocenters. The minimum Gasteiger partial charge on any atom is -0.478 e. The van der Waals surface area contributed by atoms with Crippen molar-refractivity contribution in [3.63, 3.8) is 0 Å². The molecule has 210 valence electrons. The molecule has 0 radical (unpaired) electrons. The highest BCUT2D eigenvalue weighted by Crippen LogP contribution is 2.56. The molecular weight excluding hydrogens is 506 g/mol. The monoisotopic (exact) mass is 543 g/mol. The predicted octanol–water partition coefficient (Wildman–Crippen LogP) is 4.26. The second kappa shape index (κ2) is 12.0. The Balaban J connectivity index is 1.33. The number of methoxy groups -OCH3 is 1. The van der Waals surface area contributed by atoms with Crippen molar-refractivity contribution in [3.05, 3.63) is 35.4 Å². The van der Waals surface area contributed by atoms with E-state index in [1.807, 2.05) is 18.2 Å². The summed E-state index contributed by atoms with van der Waals surface area (Å²) in [7, 11) is 1.59. The van der Waals surface area contributed by atoms with Gasteiger partial charge in [-0.3, -0.25) is 4.79 Å². The Bertz CT molecular complexity index is 1290. The molecule has 2 aromatic rings. The topological polar surface area (TPSA) is 158 Å². The minimum atomic E-state index is -0.113. The lowest BCUT2D eigenvalue weighted by atomic mass is 9.53. The van der Waals surface area contributed by atoms with E-state index in [0.29, 0.717) is 53.9 Å². The van der Waals surface area contributed by atoms with Crippen molar-refractivity contribution in [2.24, 2.45) is 17.8 Å². The Hall–Kier alpha value is -4.02. The van der Waals surface area contributed by atoms with Crippen LogP contribution in [0.25, 0.3) is 0 Å². The zero-order chi connectivity index (χ0) is 28.1. The van der Waals surface area contributed by atoms with E-state index in [-0.39, 0.29) is 24.5 Å². The van der Waals surface area contributed by atoms with E-state index in [4.69, 9.17) is 25.5 Å². The van der Waals surface area contributed by atoms with Gasteiger partial charge in [0.25, 0.3) is 0 Å². The molecule has 1 aromatic heterocycles. The van der Waals surface area contributed by atoms with Crippen LogP contribution in [0.15, 0.2) is 24.3 Å². The maximum atomic E-state index is 12.1. The first-order valence-electron chi connectivity index (χ1n) is 14.0. The summed E-state index contributed by atoms with van der Waals surface area (Å²) in [5, 5.41) is 28.8. The number of hydrogen-bond acceptors (Lipinski definition) is 9. The minimum absolute atomic E-state index is 0.0196. The van der Waals surface area contributed by atoms with E-state index < -0.39 is 0 Å². The number of nitrogen functional groups attached to an aromatic ring is 1. The summed E-state index contributed by atoms with van der Waals surface area (Å²) in [4.78, 5) is 17.0. The number of aryl methyl sites for hydroxylation is 1. The highest BCUT2D eigenvalue weighted by Gasteiger charge is 2.51. The van der Waals surface area contributed by atoms with Crippen molar-refractivity contribution >= 4 is 28.9 Å². The maximum absolute atomic E-state index is 12.1. The summed E-state index contributed by atoms with van der Waals surface area (Å²) < 4.78 is 10.6. The summed E-state index contributed by atoms with van der Waals surface area (Å²) in [6.07, 6.45) is 8.08. The van der Waals surface area contributed by atoms with Crippen molar-refractivity contribution in [3.8, 4) is 17.9 Å². The van der Waals surface area contributed by atoms with Gasteiger partial charge in [0, 0.05) is 43.4 Å². The average molecular weight is 544 g/mol. The van der Waals surface area contributed by atoms with Crippen LogP contribution < -0.4 is 26.4 Å². The third-order valence-electron chi connectivity index (χ3n) is 8.47. The Morgan fingerprint density at radius 1 is 1.15 bits per heavy atom. The molecule has 0 saturated heterocycles. The van der Waals surface area contributed by atoms with Crippen LogP contribution in [-0.2, 0) is 16.0 Å². The number of anilines is 4. The molecule has 4 aliphatic carbocycles. The third-order valence-corrected chi connectivity index (χ3v) is 8.47. The van der Waals surface area contributed by atoms with Gasteiger partial charge in [-0.25, -0.2) is 4.98 Å². The number of nitrogens with one attached hydrogen (secondary N) is 3. The van der Waals surface area contributed by atoms with Crippen molar-refractivity contribution in [1.82, 2.24) is 10.3 Å². The van der Waals surface area contributed by atoms with Gasteiger partial charge < -0.3 is 31.2 Å². The van der Waals surface area contributed by atoms with E-state index in [1.54, 1.807) is 19.2 Å². The molecule has 10 nitrogen and oxygen atoms in total. The Kier molecular flexibility index (Phi) is 8.27. The third kappa shape index (κ3) is 6.24. The number of hydrogen-bond donors (Lipinski definition) is 4. The van der Waals surface area contributed by atoms with Crippen molar-refractivity contribution in [2.75, 3.05) is 43.2 Å². The lowest BCUT2D eigenvalue weighted by Gasteiger charge is -2.57. The molecule has 40 heavy (non-hydrogen) atoms. The van der Waals surface area contributed by atoms with Gasteiger partial charge >= 0.3 is 0 Å². The van der Waals surface area contributed by atoms with Crippen LogP contribution in [0.1, 0.15) is 56.1 Å². The number of benzene rings is 1. The largest absolute Gasteiger partial charge is 0.478 e. The summed E-state index contributed by atoms with van der Waals surface area (Å²) in [6, 6.07) is 11.4. The van der Waals surface area contributed by atoms with Crippen molar-refractivity contribution in [1.29, 1.82) is 10.5 Å². The number of aromatic nitrogens is 1. The molecule has 1 aromatic carbocycles. The lowest BCUT2D eigenvalue weighted by molar-refractivity contribution is -0.121. The summed E-state index contributed by atoms with van der Waals surface area (Å²) >= 11 is 0. The zero-order valence-electron chi connectivity index (χ0n) is 23.0. The molecule has 4 bridgehead atoms. The van der Waals surface area contributed by atoms with E-state index in [2.05, 4.69) is 22.0 Å². The van der Waals surface area contributed by atoms with E-state index in [9.17, 15) is 10.1 Å². The molecule has 10 heteroatoms. The number of pyridine rings is 1. The predicted molar refractivity (Wildman–Crippen MR) is 152 cm³/mol. The highest BCUT2D eigenvalue weighted by molar-refractivity contribution is 5.76. The second-order valence-electron chi connectivity index (χ2n) is 11.5. The van der Waals surface area contributed by atoms with Gasteiger partial charge in [0.05, 0.1) is 12.3 Å². The first-order valence-corrected chi connectivity index (χ1v) is 14.0. The van der Waals surface area contributed by atoms with Crippen LogP contribution >= 0.6 is 0 Å². The Labute approximate surface area is 235 Å². The summed E-state index contributed by atoms with van der Waals surface area (Å²) in [6.45, 7) is 0.796. The van der Waals surface area contributed by atoms with Crippen LogP contribution in [0.5, 0.6) is 5.75 Å². The molecule has 4 saturated carbocycles. The van der Waals surface area contributed by atoms with Gasteiger partial charge in [-0.1, -0.05) is 6.07 Å². The van der Waals surface area contributed by atoms with Gasteiger partial charge in [0.1, 0.15) is 35.1 Å². The summed E-state index contributed by atoms with van der Waals surface area (Å²) in [5.41, 5.74) is 8.57. The van der Waals surface area contributed by atoms with Crippen LogP contribution in [-0.4, -0.2) is 43.3 Å². The SMILES string of the molecule is COCCNC(=O)CCc1ccc(Nc2cc(N)c(C#N)c(NC34CC5CC(CC(C5)C3)C4)n2)cc1OCC#N. The normalized spacial score (nSPS) is 24.1. The average Bonchev–Trinajstić information content (AvgIpc) is 2.90. The lowest BCUT2D eigenvalue weighted by Crippen LogP contribution is -2.55. The molecule has 1 amide bonds. The van der Waals surface area contributed by atoms with Gasteiger partial charge in [0.15, 0.2) is 6.61 Å². The fraction of sp³-hybridized carbons (Fsp3) is 0.533. The van der Waals surface area contributed by atoms with Crippen LogP contribution in [0.2, 0.25) is 0 Å². The van der Waals surface area contributed by atoms with E-state index in [0.717, 1.165) is 42.6 Å². The standard InChI is InChI=1S/C30H37N7O3/c1-39-9-7-34-28(38)5-3-22-2-4-23(13-26(22)40-8-6-31)35-27-14-25(33)24(18-32)29(36-27)37-30-15-19-10-20(16-30)12-21(11-19)17-30/h2,4,13-14,19-21H,3,5,7-12,15-17H2,1H3,(H,34,38)(H4,33,35,36,37). The first-order chi connectivity index (χ1) is 19.4. The number of nitrogens with two attached hydrogens (primary N) is 1. The molecule has 4 fully saturated rings. The first kappa shape index (κ1) is 27.5. The maximum Gasteiger partial charge on any atom is 0.220 e. The fourth-order valence-electron chi connectivity index (χ4n) is 7.21. The Morgan fingerprint density at radius 3 is 2.52 bits per heavy atom. The molecule has 0 atom stereocenters. The van der Waals surface area contributed by atoms with Crippen molar-refractivity contribution < 1.29 is 14.3 Å². The summed E-state index contributed by atoms with van der Waals surface area (Å²) in [5.74, 6) is 3.75. The molecule has 5 N–H and O–H groups in total. The van der Waals surface area contributed by atoms with Crippen LogP contribution in [0.3, 0.4) is 0 Å². The molecule has 4 aliphatic rings. The fourth-order valence-corrected chi connectivity index (χ4v) is 7.21. The molecule has 0 spiro atoms. The smallest absolute Gasteiger partial charge is 0.220 e. The van der Waals surface area contributed by atoms with Crippen molar-refractivity contribution in [2.45, 2.75) is 56.9 Å². The number of nitrogens with zero attached hydrogens (tertiary/aromatic N) is 3.